The zero-order valence-corrected chi connectivity index (χ0v) is 17.8. The number of hydrogen-bond acceptors (Lipinski definition) is 6. The van der Waals surface area contributed by atoms with Crippen LogP contribution in [0.3, 0.4) is 0 Å². The van der Waals surface area contributed by atoms with E-state index in [1.807, 2.05) is 24.5 Å². The van der Waals surface area contributed by atoms with E-state index in [4.69, 9.17) is 9.15 Å². The molecule has 2 atom stereocenters. The fourth-order valence-electron chi connectivity index (χ4n) is 4.67. The maximum Gasteiger partial charge on any atom is 0.326 e. The molecule has 0 aromatic carbocycles. The molecular formula is C23H26N2O6. The first-order chi connectivity index (χ1) is 14.9. The monoisotopic (exact) mass is 426 g/mol. The van der Waals surface area contributed by atoms with Crippen LogP contribution in [0.4, 0.5) is 0 Å². The van der Waals surface area contributed by atoms with Crippen molar-refractivity contribution in [2.75, 3.05) is 13.2 Å². The largest absolute Gasteiger partial charge is 0.467 e. The van der Waals surface area contributed by atoms with Crippen LogP contribution in [0.25, 0.3) is 0 Å². The molecule has 8 nitrogen and oxygen atoms in total. The molecule has 8 heteroatoms. The molecule has 0 radical (unpaired) electrons. The first-order valence-corrected chi connectivity index (χ1v) is 10.6. The summed E-state index contributed by atoms with van der Waals surface area (Å²) in [7, 11) is 0. The molecule has 0 bridgehead atoms. The summed E-state index contributed by atoms with van der Waals surface area (Å²) in [5.74, 6) is -1.52. The van der Waals surface area contributed by atoms with E-state index in [2.05, 4.69) is 0 Å². The molecule has 2 amide bonds. The van der Waals surface area contributed by atoms with Crippen molar-refractivity contribution in [2.24, 2.45) is 11.8 Å². The van der Waals surface area contributed by atoms with Gasteiger partial charge in [-0.2, -0.15) is 0 Å². The normalized spacial score (nSPS) is 20.8. The van der Waals surface area contributed by atoms with Crippen LogP contribution in [0.15, 0.2) is 28.9 Å². The summed E-state index contributed by atoms with van der Waals surface area (Å²) in [6, 6.07) is 5.42. The highest BCUT2D eigenvalue weighted by molar-refractivity contribution is 6.07. The number of ketones is 1. The van der Waals surface area contributed by atoms with Crippen LogP contribution in [0.1, 0.15) is 53.2 Å². The van der Waals surface area contributed by atoms with E-state index in [-0.39, 0.29) is 29.4 Å². The van der Waals surface area contributed by atoms with Crippen LogP contribution < -0.4 is 0 Å². The van der Waals surface area contributed by atoms with E-state index < -0.39 is 19.1 Å². The Morgan fingerprint density at radius 1 is 1.13 bits per heavy atom. The Hall–Kier alpha value is -3.16. The number of rotatable bonds is 7. The van der Waals surface area contributed by atoms with Gasteiger partial charge in [-0.1, -0.05) is 12.8 Å². The van der Waals surface area contributed by atoms with E-state index >= 15 is 0 Å². The molecule has 2 aromatic rings. The first-order valence-electron chi connectivity index (χ1n) is 10.6. The van der Waals surface area contributed by atoms with Crippen molar-refractivity contribution in [1.29, 1.82) is 0 Å². The minimum Gasteiger partial charge on any atom is -0.467 e. The van der Waals surface area contributed by atoms with Gasteiger partial charge >= 0.3 is 5.97 Å². The Labute approximate surface area is 180 Å². The van der Waals surface area contributed by atoms with Gasteiger partial charge in [0, 0.05) is 17.0 Å². The number of Topliss-reactive ketones (excluding diaryl/α,β-unsaturated/α-hetero) is 1. The molecule has 31 heavy (non-hydrogen) atoms. The second-order valence-electron chi connectivity index (χ2n) is 8.29. The molecular weight excluding hydrogens is 400 g/mol. The van der Waals surface area contributed by atoms with Crippen molar-refractivity contribution in [1.82, 2.24) is 9.47 Å². The van der Waals surface area contributed by atoms with Crippen molar-refractivity contribution >= 4 is 23.6 Å². The van der Waals surface area contributed by atoms with Gasteiger partial charge < -0.3 is 13.7 Å². The van der Waals surface area contributed by atoms with Crippen LogP contribution in [0, 0.1) is 25.7 Å². The number of furan rings is 1. The summed E-state index contributed by atoms with van der Waals surface area (Å²) in [6.45, 7) is 3.35. The van der Waals surface area contributed by atoms with E-state index in [1.54, 1.807) is 18.4 Å². The highest BCUT2D eigenvalue weighted by atomic mass is 16.5. The Bertz CT molecular complexity index is 995. The number of hydrogen-bond donors (Lipinski definition) is 0. The van der Waals surface area contributed by atoms with Crippen LogP contribution in [0.5, 0.6) is 0 Å². The second-order valence-corrected chi connectivity index (χ2v) is 8.29. The number of carbonyl (C=O) groups is 4. The predicted octanol–water partition coefficient (Wildman–Crippen LogP) is 2.65. The smallest absolute Gasteiger partial charge is 0.326 e. The Balaban J connectivity index is 1.35. The zero-order chi connectivity index (χ0) is 22.1. The number of esters is 1. The van der Waals surface area contributed by atoms with Gasteiger partial charge in [0.15, 0.2) is 6.61 Å². The lowest BCUT2D eigenvalue weighted by molar-refractivity contribution is -0.152. The summed E-state index contributed by atoms with van der Waals surface area (Å²) >= 11 is 0. The Morgan fingerprint density at radius 2 is 1.81 bits per heavy atom. The standard InChI is InChI=1S/C23H26N2O6/c1-14-10-19(15(2)24(14)11-16-6-5-9-30-16)20(26)13-31-21(27)12-25-22(28)17-7-3-4-8-18(17)23(25)29/h5-6,9-10,17-18H,3-4,7-8,11-13H2,1-2H3/t17-,18+. The summed E-state index contributed by atoms with van der Waals surface area (Å²) in [5, 5.41) is 0. The molecule has 1 aliphatic carbocycles. The number of aromatic nitrogens is 1. The van der Waals surface area contributed by atoms with Crippen molar-refractivity contribution in [2.45, 2.75) is 46.1 Å². The SMILES string of the molecule is Cc1cc(C(=O)COC(=O)CN2C(=O)[C@H]3CCCC[C@H]3C2=O)c(C)n1Cc1ccco1. The van der Waals surface area contributed by atoms with E-state index in [1.165, 1.54) is 0 Å². The molecule has 1 saturated carbocycles. The molecule has 2 fully saturated rings. The summed E-state index contributed by atoms with van der Waals surface area (Å²) < 4.78 is 12.5. The maximum atomic E-state index is 12.6. The van der Waals surface area contributed by atoms with Crippen LogP contribution in [0.2, 0.25) is 0 Å². The van der Waals surface area contributed by atoms with E-state index in [0.717, 1.165) is 34.9 Å². The number of likely N-dealkylation sites (tertiary alicyclic amines) is 1. The molecule has 0 unspecified atom stereocenters. The van der Waals surface area contributed by atoms with Crippen LogP contribution in [-0.4, -0.2) is 46.2 Å². The quantitative estimate of drug-likeness (QED) is 0.383. The van der Waals surface area contributed by atoms with Crippen molar-refractivity contribution in [3.63, 3.8) is 0 Å². The number of aryl methyl sites for hydroxylation is 1. The maximum absolute atomic E-state index is 12.6. The number of ether oxygens (including phenoxy) is 1. The minimum atomic E-state index is -0.752. The van der Waals surface area contributed by atoms with Gasteiger partial charge in [0.1, 0.15) is 12.3 Å². The lowest BCUT2D eigenvalue weighted by Gasteiger charge is -2.19. The molecule has 2 aliphatic rings. The number of carbonyl (C=O) groups excluding carboxylic acids is 4. The fourth-order valence-corrected chi connectivity index (χ4v) is 4.67. The Morgan fingerprint density at radius 3 is 2.42 bits per heavy atom. The minimum absolute atomic E-state index is 0.292. The third kappa shape index (κ3) is 4.06. The van der Waals surface area contributed by atoms with Crippen molar-refractivity contribution in [3.05, 3.63) is 47.2 Å². The average molecular weight is 426 g/mol. The molecule has 2 aromatic heterocycles. The van der Waals surface area contributed by atoms with Gasteiger partial charge in [-0.05, 0) is 44.9 Å². The molecule has 0 spiro atoms. The van der Waals surface area contributed by atoms with Gasteiger partial charge in [-0.25, -0.2) is 0 Å². The number of nitrogens with zero attached hydrogens (tertiary/aromatic N) is 2. The van der Waals surface area contributed by atoms with Crippen molar-refractivity contribution in [3.8, 4) is 0 Å². The predicted molar refractivity (Wildman–Crippen MR) is 109 cm³/mol. The van der Waals surface area contributed by atoms with E-state index in [9.17, 15) is 19.2 Å². The number of fused-ring (bicyclic) bond motifs is 1. The summed E-state index contributed by atoms with van der Waals surface area (Å²) in [4.78, 5) is 50.9. The lowest BCUT2D eigenvalue weighted by Crippen LogP contribution is -2.37. The van der Waals surface area contributed by atoms with Gasteiger partial charge in [-0.3, -0.25) is 24.1 Å². The molecule has 1 aliphatic heterocycles. The molecule has 164 valence electrons. The van der Waals surface area contributed by atoms with Crippen LogP contribution >= 0.6 is 0 Å². The highest BCUT2D eigenvalue weighted by Crippen LogP contribution is 2.37. The van der Waals surface area contributed by atoms with Crippen molar-refractivity contribution < 1.29 is 28.3 Å². The number of imide groups is 1. The molecule has 1 saturated heterocycles. The summed E-state index contributed by atoms with van der Waals surface area (Å²) in [6.07, 6.45) is 4.82. The molecule has 4 rings (SSSR count). The van der Waals surface area contributed by atoms with E-state index in [0.29, 0.717) is 24.9 Å². The molecule has 3 heterocycles. The Kier molecular flexibility index (Phi) is 5.80. The topological polar surface area (TPSA) is 98.8 Å². The lowest BCUT2D eigenvalue weighted by atomic mass is 9.81. The van der Waals surface area contributed by atoms with Gasteiger partial charge in [0.2, 0.25) is 17.6 Å². The summed E-state index contributed by atoms with van der Waals surface area (Å²) in [5.41, 5.74) is 2.11. The van der Waals surface area contributed by atoms with Gasteiger partial charge in [0.25, 0.3) is 0 Å². The van der Waals surface area contributed by atoms with Crippen LogP contribution in [-0.2, 0) is 25.7 Å². The van der Waals surface area contributed by atoms with Gasteiger partial charge in [-0.15, -0.1) is 0 Å². The third-order valence-electron chi connectivity index (χ3n) is 6.35. The average Bonchev–Trinajstić information content (AvgIpc) is 3.44. The fraction of sp³-hybridized carbons (Fsp3) is 0.478. The highest BCUT2D eigenvalue weighted by Gasteiger charge is 2.48. The number of amides is 2. The second kappa shape index (κ2) is 8.53. The molecule has 0 N–H and O–H groups in total. The third-order valence-corrected chi connectivity index (χ3v) is 6.35. The first kappa shape index (κ1) is 21.1. The van der Waals surface area contributed by atoms with Gasteiger partial charge in [0.05, 0.1) is 24.6 Å². The zero-order valence-electron chi connectivity index (χ0n) is 17.8.